The van der Waals surface area contributed by atoms with Gasteiger partial charge in [0.1, 0.15) is 5.60 Å². The van der Waals surface area contributed by atoms with E-state index >= 15 is 0 Å². The minimum atomic E-state index is -1.01. The van der Waals surface area contributed by atoms with E-state index in [0.717, 1.165) is 12.1 Å². The van der Waals surface area contributed by atoms with Crippen LogP contribution in [0.25, 0.3) is 0 Å². The van der Waals surface area contributed by atoms with Crippen LogP contribution in [0.1, 0.15) is 29.2 Å². The van der Waals surface area contributed by atoms with Gasteiger partial charge in [0.15, 0.2) is 5.96 Å². The predicted molar refractivity (Wildman–Crippen MR) is 94.7 cm³/mol. The van der Waals surface area contributed by atoms with E-state index in [-0.39, 0.29) is 0 Å². The fourth-order valence-corrected chi connectivity index (χ4v) is 2.94. The predicted octanol–water partition coefficient (Wildman–Crippen LogP) is 1.75. The molecule has 3 N–H and O–H groups in total. The van der Waals surface area contributed by atoms with Crippen LogP contribution in [0, 0.1) is 6.92 Å². The Morgan fingerprint density at radius 3 is 2.78 bits per heavy atom. The summed E-state index contributed by atoms with van der Waals surface area (Å²) < 4.78 is 1.68. The molecule has 6 nitrogen and oxygen atoms in total. The fourth-order valence-electron chi connectivity index (χ4n) is 2.13. The Kier molecular flexibility index (Phi) is 5.79. The second-order valence-corrected chi connectivity index (χ2v) is 7.11. The number of hydrogen-bond acceptors (Lipinski definition) is 4. The van der Waals surface area contributed by atoms with Gasteiger partial charge in [-0.2, -0.15) is 5.10 Å². The summed E-state index contributed by atoms with van der Waals surface area (Å²) in [6, 6.07) is 4.20. The average Bonchev–Trinajstić information content (AvgIpc) is 3.11. The highest BCUT2D eigenvalue weighted by atomic mass is 32.1. The third kappa shape index (κ3) is 5.07. The van der Waals surface area contributed by atoms with Gasteiger partial charge in [-0.05, 0) is 32.9 Å². The van der Waals surface area contributed by atoms with E-state index in [1.165, 1.54) is 9.75 Å². The normalized spacial score (nSPS) is 14.6. The molecule has 7 heteroatoms. The molecule has 0 saturated heterocycles. The van der Waals surface area contributed by atoms with Crippen LogP contribution in [0.5, 0.6) is 0 Å². The maximum Gasteiger partial charge on any atom is 0.191 e. The third-order valence-corrected chi connectivity index (χ3v) is 4.45. The first kappa shape index (κ1) is 17.5. The van der Waals surface area contributed by atoms with Crippen molar-refractivity contribution in [1.82, 2.24) is 20.4 Å². The minimum absolute atomic E-state index is 0.355. The van der Waals surface area contributed by atoms with Gasteiger partial charge in [0.25, 0.3) is 0 Å². The van der Waals surface area contributed by atoms with Crippen LogP contribution in [0.3, 0.4) is 0 Å². The Morgan fingerprint density at radius 1 is 1.43 bits per heavy atom. The zero-order valence-electron chi connectivity index (χ0n) is 14.1. The third-order valence-electron chi connectivity index (χ3n) is 3.46. The van der Waals surface area contributed by atoms with Crippen molar-refractivity contribution in [3.8, 4) is 0 Å². The Hall–Kier alpha value is -1.86. The summed E-state index contributed by atoms with van der Waals surface area (Å²) >= 11 is 1.75. The highest BCUT2D eigenvalue weighted by Gasteiger charge is 2.24. The molecule has 0 fully saturated rings. The molecule has 2 aromatic rings. The van der Waals surface area contributed by atoms with Crippen LogP contribution in [0.4, 0.5) is 0 Å². The number of aromatic nitrogens is 2. The smallest absolute Gasteiger partial charge is 0.191 e. The van der Waals surface area contributed by atoms with E-state index in [4.69, 9.17) is 0 Å². The largest absolute Gasteiger partial charge is 0.383 e. The Bertz CT molecular complexity index is 659. The van der Waals surface area contributed by atoms with Crippen molar-refractivity contribution in [3.05, 3.63) is 39.8 Å². The van der Waals surface area contributed by atoms with E-state index < -0.39 is 5.60 Å². The van der Waals surface area contributed by atoms with Gasteiger partial charge < -0.3 is 15.7 Å². The lowest BCUT2D eigenvalue weighted by atomic mass is 10.00. The minimum Gasteiger partial charge on any atom is -0.383 e. The van der Waals surface area contributed by atoms with E-state index in [9.17, 15) is 5.11 Å². The number of nitrogens with one attached hydrogen (secondary N) is 2. The Morgan fingerprint density at radius 2 is 2.22 bits per heavy atom. The van der Waals surface area contributed by atoms with Gasteiger partial charge in [0.05, 0.1) is 19.3 Å². The van der Waals surface area contributed by atoms with Crippen molar-refractivity contribution in [1.29, 1.82) is 0 Å². The second-order valence-electron chi connectivity index (χ2n) is 5.74. The summed E-state index contributed by atoms with van der Waals surface area (Å²) in [6.07, 6.45) is 3.50. The lowest BCUT2D eigenvalue weighted by Crippen LogP contribution is -2.44. The molecule has 1 atom stereocenters. The molecule has 0 spiro atoms. The summed E-state index contributed by atoms with van der Waals surface area (Å²) in [5.74, 6) is 0.697. The molecule has 0 aliphatic heterocycles. The molecule has 0 aliphatic rings. The van der Waals surface area contributed by atoms with Gasteiger partial charge >= 0.3 is 0 Å². The molecule has 1 unspecified atom stereocenters. The van der Waals surface area contributed by atoms with Crippen LogP contribution in [0.15, 0.2) is 29.5 Å². The Labute approximate surface area is 141 Å². The van der Waals surface area contributed by atoms with Crippen LogP contribution in [-0.2, 0) is 19.2 Å². The van der Waals surface area contributed by atoms with Gasteiger partial charge in [-0.15, -0.1) is 11.3 Å². The highest BCUT2D eigenvalue weighted by Crippen LogP contribution is 2.18. The molecule has 0 aliphatic carbocycles. The van der Waals surface area contributed by atoms with Gasteiger partial charge in [-0.25, -0.2) is 4.99 Å². The number of rotatable bonds is 6. The van der Waals surface area contributed by atoms with E-state index in [1.54, 1.807) is 29.1 Å². The molecular weight excluding hydrogens is 310 g/mol. The van der Waals surface area contributed by atoms with E-state index in [2.05, 4.69) is 39.8 Å². The van der Waals surface area contributed by atoms with Gasteiger partial charge in [0.2, 0.25) is 0 Å². The first-order valence-corrected chi connectivity index (χ1v) is 8.51. The number of aryl methyl sites for hydroxylation is 2. The molecular formula is C16H25N5OS. The van der Waals surface area contributed by atoms with Gasteiger partial charge in [0, 0.05) is 35.1 Å². The average molecular weight is 335 g/mol. The first-order chi connectivity index (χ1) is 10.9. The molecule has 2 rings (SSSR count). The lowest BCUT2D eigenvalue weighted by Gasteiger charge is -2.23. The SMILES string of the molecule is CCNC(=NCc1ccc(C)s1)NCC(C)(O)c1cnn(C)c1. The standard InChI is InChI=1S/C16H25N5OS/c1-5-17-15(18-9-14-7-6-12(2)23-14)19-11-16(3,22)13-8-20-21(4)10-13/h6-8,10,22H,5,9,11H2,1-4H3,(H2,17,18,19). The number of nitrogens with zero attached hydrogens (tertiary/aromatic N) is 3. The summed E-state index contributed by atoms with van der Waals surface area (Å²) in [5.41, 5.74) is -0.235. The fraction of sp³-hybridized carbons (Fsp3) is 0.500. The molecule has 0 amide bonds. The number of hydrogen-bond donors (Lipinski definition) is 3. The summed E-state index contributed by atoms with van der Waals surface area (Å²) in [6.45, 7) is 7.63. The zero-order valence-corrected chi connectivity index (χ0v) is 14.9. The Balaban J connectivity index is 1.98. The van der Waals surface area contributed by atoms with Crippen molar-refractivity contribution in [2.24, 2.45) is 12.0 Å². The number of guanidine groups is 1. The van der Waals surface area contributed by atoms with E-state index in [0.29, 0.717) is 19.0 Å². The molecule has 0 bridgehead atoms. The van der Waals surface area contributed by atoms with Crippen LogP contribution in [-0.4, -0.2) is 33.9 Å². The summed E-state index contributed by atoms with van der Waals surface area (Å²) in [5, 5.41) is 21.1. The molecule has 0 aromatic carbocycles. The highest BCUT2D eigenvalue weighted by molar-refractivity contribution is 7.11. The van der Waals surface area contributed by atoms with Crippen LogP contribution in [0.2, 0.25) is 0 Å². The molecule has 23 heavy (non-hydrogen) atoms. The van der Waals surface area contributed by atoms with E-state index in [1.807, 2.05) is 20.2 Å². The molecule has 0 radical (unpaired) electrons. The monoisotopic (exact) mass is 335 g/mol. The maximum atomic E-state index is 10.6. The quantitative estimate of drug-likeness (QED) is 0.555. The van der Waals surface area contributed by atoms with Crippen LogP contribution < -0.4 is 10.6 Å². The zero-order chi connectivity index (χ0) is 16.9. The van der Waals surface area contributed by atoms with Crippen molar-refractivity contribution < 1.29 is 5.11 Å². The molecule has 0 saturated carbocycles. The summed E-state index contributed by atoms with van der Waals surface area (Å²) in [7, 11) is 1.83. The van der Waals surface area contributed by atoms with Gasteiger partial charge in [-0.1, -0.05) is 0 Å². The number of thiophene rings is 1. The molecule has 126 valence electrons. The van der Waals surface area contributed by atoms with Gasteiger partial charge in [-0.3, -0.25) is 4.68 Å². The van der Waals surface area contributed by atoms with Crippen molar-refractivity contribution in [2.45, 2.75) is 32.9 Å². The number of aliphatic imine (C=N–C) groups is 1. The lowest BCUT2D eigenvalue weighted by molar-refractivity contribution is 0.0616. The summed E-state index contributed by atoms with van der Waals surface area (Å²) in [4.78, 5) is 7.08. The second kappa shape index (κ2) is 7.61. The van der Waals surface area contributed by atoms with Crippen LogP contribution >= 0.6 is 11.3 Å². The van der Waals surface area contributed by atoms with Crippen molar-refractivity contribution in [2.75, 3.05) is 13.1 Å². The maximum absolute atomic E-state index is 10.6. The van der Waals surface area contributed by atoms with Crippen molar-refractivity contribution in [3.63, 3.8) is 0 Å². The molecule has 2 aromatic heterocycles. The van der Waals surface area contributed by atoms with Crippen molar-refractivity contribution >= 4 is 17.3 Å². The first-order valence-electron chi connectivity index (χ1n) is 7.69. The molecule has 2 heterocycles. The topological polar surface area (TPSA) is 74.5 Å². The number of aliphatic hydroxyl groups is 1.